The van der Waals surface area contributed by atoms with Crippen LogP contribution in [0, 0.1) is 0 Å². The number of rotatable bonds is 2. The van der Waals surface area contributed by atoms with E-state index in [2.05, 4.69) is 4.99 Å². The van der Waals surface area contributed by atoms with Crippen molar-refractivity contribution in [1.82, 2.24) is 0 Å². The quantitative estimate of drug-likeness (QED) is 0.507. The highest BCUT2D eigenvalue weighted by Gasteiger charge is 1.85. The van der Waals surface area contributed by atoms with Gasteiger partial charge in [-0.05, 0) is 23.8 Å². The van der Waals surface area contributed by atoms with Gasteiger partial charge >= 0.3 is 0 Å². The van der Waals surface area contributed by atoms with E-state index in [0.717, 1.165) is 5.56 Å². The van der Waals surface area contributed by atoms with E-state index in [4.69, 9.17) is 11.6 Å². The van der Waals surface area contributed by atoms with Crippen LogP contribution >= 0.6 is 11.6 Å². The zero-order valence-electron chi connectivity index (χ0n) is 6.20. The van der Waals surface area contributed by atoms with E-state index >= 15 is 0 Å². The first-order chi connectivity index (χ1) is 5.83. The molecule has 0 aliphatic rings. The summed E-state index contributed by atoms with van der Waals surface area (Å²) in [6.07, 6.45) is 4.49. The molecule has 3 heteroatoms. The normalized spacial score (nSPS) is 9.75. The molecule has 0 heterocycles. The van der Waals surface area contributed by atoms with Gasteiger partial charge in [-0.15, -0.1) is 0 Å². The fourth-order valence-corrected chi connectivity index (χ4v) is 0.854. The van der Waals surface area contributed by atoms with Crippen LogP contribution in [0.15, 0.2) is 35.5 Å². The Labute approximate surface area is 75.2 Å². The van der Waals surface area contributed by atoms with Gasteiger partial charge in [0.05, 0.1) is 0 Å². The van der Waals surface area contributed by atoms with Crippen molar-refractivity contribution in [3.63, 3.8) is 0 Å². The maximum absolute atomic E-state index is 9.69. The number of hydrogen-bond acceptors (Lipinski definition) is 2. The molecule has 0 saturated carbocycles. The standard InChI is InChI=1S/C9H6ClNO/c10-9-3-1-8(2-4-9)5-6-11-7-12/h1-6H/b6-5-. The van der Waals surface area contributed by atoms with E-state index in [9.17, 15) is 4.79 Å². The lowest BCUT2D eigenvalue weighted by molar-refractivity contribution is 0.565. The average molecular weight is 180 g/mol. The first kappa shape index (κ1) is 8.72. The second-order valence-corrected chi connectivity index (χ2v) is 2.52. The Balaban J connectivity index is 2.77. The molecule has 0 bridgehead atoms. The second kappa shape index (κ2) is 4.50. The zero-order valence-corrected chi connectivity index (χ0v) is 6.95. The molecule has 12 heavy (non-hydrogen) atoms. The number of isocyanates is 1. The summed E-state index contributed by atoms with van der Waals surface area (Å²) in [5.74, 6) is 0. The van der Waals surface area contributed by atoms with Gasteiger partial charge in [-0.3, -0.25) is 0 Å². The minimum absolute atomic E-state index is 0.686. The van der Waals surface area contributed by atoms with Gasteiger partial charge in [-0.25, -0.2) is 4.79 Å². The largest absolute Gasteiger partial charge is 0.239 e. The first-order valence-corrected chi connectivity index (χ1v) is 3.70. The van der Waals surface area contributed by atoms with Crippen LogP contribution in [-0.2, 0) is 4.79 Å². The molecule has 1 aromatic carbocycles. The van der Waals surface area contributed by atoms with Gasteiger partial charge in [0.15, 0.2) is 0 Å². The number of carbonyl (C=O) groups excluding carboxylic acids is 1. The SMILES string of the molecule is O=C=N/C=C\c1ccc(Cl)cc1. The molecule has 0 atom stereocenters. The Morgan fingerprint density at radius 3 is 2.58 bits per heavy atom. The lowest BCUT2D eigenvalue weighted by Gasteiger charge is -1.90. The molecule has 0 N–H and O–H groups in total. The molecule has 0 unspecified atom stereocenters. The molecule has 0 aromatic heterocycles. The first-order valence-electron chi connectivity index (χ1n) is 3.32. The number of nitrogens with zero attached hydrogens (tertiary/aromatic N) is 1. The molecule has 0 aliphatic carbocycles. The number of benzene rings is 1. The summed E-state index contributed by atoms with van der Waals surface area (Å²) >= 11 is 5.66. The Bertz CT molecular complexity index is 323. The fraction of sp³-hybridized carbons (Fsp3) is 0. The van der Waals surface area contributed by atoms with Crippen molar-refractivity contribution in [2.75, 3.05) is 0 Å². The third kappa shape index (κ3) is 2.70. The van der Waals surface area contributed by atoms with E-state index in [1.807, 2.05) is 12.1 Å². The van der Waals surface area contributed by atoms with Gasteiger partial charge in [-0.2, -0.15) is 4.99 Å². The molecule has 0 spiro atoms. The van der Waals surface area contributed by atoms with Crippen LogP contribution < -0.4 is 0 Å². The third-order valence-electron chi connectivity index (χ3n) is 1.26. The maximum Gasteiger partial charge on any atom is 0.239 e. The van der Waals surface area contributed by atoms with Crippen LogP contribution in [0.25, 0.3) is 6.08 Å². The molecular formula is C9H6ClNO. The Hall–Kier alpha value is -1.37. The number of hydrogen-bond donors (Lipinski definition) is 0. The second-order valence-electron chi connectivity index (χ2n) is 2.09. The summed E-state index contributed by atoms with van der Waals surface area (Å²) in [6.45, 7) is 0. The Kier molecular flexibility index (Phi) is 3.27. The van der Waals surface area contributed by atoms with E-state index in [0.29, 0.717) is 5.02 Å². The molecule has 0 amide bonds. The van der Waals surface area contributed by atoms with Crippen molar-refractivity contribution in [3.05, 3.63) is 41.1 Å². The topological polar surface area (TPSA) is 29.4 Å². The Morgan fingerprint density at radius 1 is 1.33 bits per heavy atom. The summed E-state index contributed by atoms with van der Waals surface area (Å²) in [4.78, 5) is 13.0. The van der Waals surface area contributed by atoms with Crippen LogP contribution in [0.1, 0.15) is 5.56 Å². The van der Waals surface area contributed by atoms with Crippen LogP contribution in [0.3, 0.4) is 0 Å². The zero-order chi connectivity index (χ0) is 8.81. The van der Waals surface area contributed by atoms with Gasteiger partial charge in [0.1, 0.15) is 0 Å². The molecule has 60 valence electrons. The molecule has 0 fully saturated rings. The molecule has 0 radical (unpaired) electrons. The van der Waals surface area contributed by atoms with E-state index in [1.54, 1.807) is 18.2 Å². The van der Waals surface area contributed by atoms with Gasteiger partial charge < -0.3 is 0 Å². The van der Waals surface area contributed by atoms with E-state index in [-0.39, 0.29) is 0 Å². The summed E-state index contributed by atoms with van der Waals surface area (Å²) in [5, 5.41) is 0.686. The van der Waals surface area contributed by atoms with Crippen LogP contribution in [0.2, 0.25) is 5.02 Å². The van der Waals surface area contributed by atoms with Crippen molar-refractivity contribution in [1.29, 1.82) is 0 Å². The molecule has 0 saturated heterocycles. The molecule has 0 aliphatic heterocycles. The lowest BCUT2D eigenvalue weighted by atomic mass is 10.2. The average Bonchev–Trinajstić information content (AvgIpc) is 2.09. The fourth-order valence-electron chi connectivity index (χ4n) is 0.728. The van der Waals surface area contributed by atoms with Crippen LogP contribution in [-0.4, -0.2) is 6.08 Å². The van der Waals surface area contributed by atoms with Crippen molar-refractivity contribution in [2.45, 2.75) is 0 Å². The van der Waals surface area contributed by atoms with Crippen molar-refractivity contribution < 1.29 is 4.79 Å². The highest BCUT2D eigenvalue weighted by Crippen LogP contribution is 2.10. The molecule has 2 nitrogen and oxygen atoms in total. The van der Waals surface area contributed by atoms with E-state index in [1.165, 1.54) is 12.3 Å². The van der Waals surface area contributed by atoms with Crippen molar-refractivity contribution >= 4 is 23.8 Å². The molecular weight excluding hydrogens is 174 g/mol. The van der Waals surface area contributed by atoms with Gasteiger partial charge in [0.2, 0.25) is 6.08 Å². The number of aliphatic imine (C=N–C) groups is 1. The molecule has 1 rings (SSSR count). The minimum atomic E-state index is 0.686. The minimum Gasteiger partial charge on any atom is -0.211 e. The van der Waals surface area contributed by atoms with Crippen molar-refractivity contribution in [2.24, 2.45) is 4.99 Å². The van der Waals surface area contributed by atoms with Gasteiger partial charge in [0.25, 0.3) is 0 Å². The highest BCUT2D eigenvalue weighted by molar-refractivity contribution is 6.30. The highest BCUT2D eigenvalue weighted by atomic mass is 35.5. The lowest BCUT2D eigenvalue weighted by Crippen LogP contribution is -1.68. The van der Waals surface area contributed by atoms with Gasteiger partial charge in [0, 0.05) is 11.2 Å². The van der Waals surface area contributed by atoms with Gasteiger partial charge in [-0.1, -0.05) is 23.7 Å². The summed E-state index contributed by atoms with van der Waals surface area (Å²) in [6, 6.07) is 7.20. The predicted molar refractivity (Wildman–Crippen MR) is 48.6 cm³/mol. The Morgan fingerprint density at radius 2 is 2.00 bits per heavy atom. The van der Waals surface area contributed by atoms with Crippen LogP contribution in [0.4, 0.5) is 0 Å². The van der Waals surface area contributed by atoms with Crippen LogP contribution in [0.5, 0.6) is 0 Å². The maximum atomic E-state index is 9.69. The summed E-state index contributed by atoms with van der Waals surface area (Å²) in [5.41, 5.74) is 0.943. The van der Waals surface area contributed by atoms with E-state index < -0.39 is 0 Å². The smallest absolute Gasteiger partial charge is 0.211 e. The predicted octanol–water partition coefficient (Wildman–Crippen LogP) is 2.65. The van der Waals surface area contributed by atoms with Crippen molar-refractivity contribution in [3.8, 4) is 0 Å². The summed E-state index contributed by atoms with van der Waals surface area (Å²) < 4.78 is 0. The number of halogens is 1. The monoisotopic (exact) mass is 179 g/mol. The summed E-state index contributed by atoms with van der Waals surface area (Å²) in [7, 11) is 0. The third-order valence-corrected chi connectivity index (χ3v) is 1.52. The molecule has 1 aromatic rings.